The molecule has 104 valence electrons. The van der Waals surface area contributed by atoms with E-state index in [1.54, 1.807) is 14.2 Å². The van der Waals surface area contributed by atoms with Crippen molar-refractivity contribution >= 4 is 0 Å². The molecule has 0 fully saturated rings. The molecule has 0 bridgehead atoms. The van der Waals surface area contributed by atoms with Crippen molar-refractivity contribution in [3.63, 3.8) is 0 Å². The first-order valence-electron chi connectivity index (χ1n) is 6.58. The van der Waals surface area contributed by atoms with Crippen LogP contribution >= 0.6 is 0 Å². The molecule has 1 aromatic rings. The molecule has 1 heterocycles. The van der Waals surface area contributed by atoms with Gasteiger partial charge >= 0.3 is 0 Å². The van der Waals surface area contributed by atoms with Gasteiger partial charge in [0.2, 0.25) is 0 Å². The van der Waals surface area contributed by atoms with Gasteiger partial charge in [-0.05, 0) is 19.4 Å². The lowest BCUT2D eigenvalue weighted by molar-refractivity contribution is -0.124. The normalized spacial score (nSPS) is 13.2. The van der Waals surface area contributed by atoms with E-state index in [2.05, 4.69) is 30.5 Å². The first-order valence-corrected chi connectivity index (χ1v) is 6.58. The van der Waals surface area contributed by atoms with Crippen LogP contribution in [-0.4, -0.2) is 36.8 Å². The third-order valence-electron chi connectivity index (χ3n) is 2.82. The maximum atomic E-state index is 5.36. The van der Waals surface area contributed by atoms with Gasteiger partial charge in [0, 0.05) is 32.5 Å². The van der Waals surface area contributed by atoms with Crippen LogP contribution in [0.1, 0.15) is 38.3 Å². The number of ether oxygens (including phenoxy) is 2. The fraction of sp³-hybridized carbons (Fsp3) is 0.769. The largest absolute Gasteiger partial charge is 0.354 e. The van der Waals surface area contributed by atoms with Gasteiger partial charge in [0.1, 0.15) is 0 Å². The fourth-order valence-corrected chi connectivity index (χ4v) is 1.93. The van der Waals surface area contributed by atoms with Crippen LogP contribution in [0.15, 0.2) is 12.4 Å². The summed E-state index contributed by atoms with van der Waals surface area (Å²) in [5.41, 5.74) is 1.10. The molecular formula is C13H25N3O2. The third kappa shape index (κ3) is 4.08. The van der Waals surface area contributed by atoms with Gasteiger partial charge in [0.15, 0.2) is 6.29 Å². The van der Waals surface area contributed by atoms with Crippen molar-refractivity contribution in [2.24, 2.45) is 0 Å². The highest BCUT2D eigenvalue weighted by atomic mass is 16.7. The van der Waals surface area contributed by atoms with Crippen molar-refractivity contribution in [3.8, 4) is 0 Å². The van der Waals surface area contributed by atoms with Gasteiger partial charge in [-0.1, -0.05) is 13.8 Å². The third-order valence-corrected chi connectivity index (χ3v) is 2.82. The van der Waals surface area contributed by atoms with Crippen LogP contribution in [0.3, 0.4) is 0 Å². The molecular weight excluding hydrogens is 230 g/mol. The molecule has 18 heavy (non-hydrogen) atoms. The van der Waals surface area contributed by atoms with Crippen LogP contribution < -0.4 is 5.32 Å². The summed E-state index contributed by atoms with van der Waals surface area (Å²) in [6.07, 6.45) is 5.79. The van der Waals surface area contributed by atoms with E-state index in [4.69, 9.17) is 9.47 Å². The molecule has 0 aliphatic carbocycles. The second-order valence-corrected chi connectivity index (χ2v) is 4.31. The monoisotopic (exact) mass is 255 g/mol. The summed E-state index contributed by atoms with van der Waals surface area (Å²) in [6, 6.07) is 0.0190. The number of nitrogens with one attached hydrogen (secondary N) is 1. The first kappa shape index (κ1) is 15.1. The molecule has 0 aliphatic rings. The van der Waals surface area contributed by atoms with Crippen molar-refractivity contribution in [1.29, 1.82) is 0 Å². The Morgan fingerprint density at radius 3 is 2.56 bits per heavy atom. The Balaban J connectivity index is 2.78. The number of aryl methyl sites for hydroxylation is 1. The van der Waals surface area contributed by atoms with E-state index >= 15 is 0 Å². The first-order chi connectivity index (χ1) is 8.76. The molecule has 1 atom stereocenters. The van der Waals surface area contributed by atoms with Crippen LogP contribution in [0.25, 0.3) is 0 Å². The minimum absolute atomic E-state index is 0.0190. The van der Waals surface area contributed by atoms with Gasteiger partial charge in [-0.25, -0.2) is 0 Å². The molecule has 0 aromatic carbocycles. The Morgan fingerprint density at radius 2 is 2.00 bits per heavy atom. The lowest BCUT2D eigenvalue weighted by atomic mass is 10.1. The summed E-state index contributed by atoms with van der Waals surface area (Å²) >= 11 is 0. The SMILES string of the molecule is CCCNC(c1cnn(CCC)c1)C(OC)OC. The Hall–Kier alpha value is -0.910. The minimum Gasteiger partial charge on any atom is -0.354 e. The molecule has 0 radical (unpaired) electrons. The number of hydrogen-bond donors (Lipinski definition) is 1. The van der Waals surface area contributed by atoms with Gasteiger partial charge in [-0.2, -0.15) is 5.10 Å². The van der Waals surface area contributed by atoms with E-state index in [0.29, 0.717) is 0 Å². The number of aromatic nitrogens is 2. The molecule has 1 rings (SSSR count). The van der Waals surface area contributed by atoms with Gasteiger partial charge in [-0.15, -0.1) is 0 Å². The molecule has 0 aliphatic heterocycles. The topological polar surface area (TPSA) is 48.3 Å². The van der Waals surface area contributed by atoms with Crippen molar-refractivity contribution in [2.45, 2.75) is 45.6 Å². The second kappa shape index (κ2) is 8.24. The van der Waals surface area contributed by atoms with Crippen molar-refractivity contribution < 1.29 is 9.47 Å². The molecule has 1 aromatic heterocycles. The predicted octanol–water partition coefficient (Wildman–Crippen LogP) is 1.95. The van der Waals surface area contributed by atoms with Gasteiger partial charge in [0.05, 0.1) is 12.2 Å². The van der Waals surface area contributed by atoms with Crippen LogP contribution in [0.2, 0.25) is 0 Å². The lowest BCUT2D eigenvalue weighted by Gasteiger charge is -2.24. The molecule has 0 amide bonds. The Labute approximate surface area is 109 Å². The molecule has 0 saturated carbocycles. The maximum absolute atomic E-state index is 5.36. The van der Waals surface area contributed by atoms with E-state index in [1.807, 2.05) is 10.9 Å². The highest BCUT2D eigenvalue weighted by Gasteiger charge is 2.23. The summed E-state index contributed by atoms with van der Waals surface area (Å²) < 4.78 is 12.7. The Morgan fingerprint density at radius 1 is 1.28 bits per heavy atom. The molecule has 5 heteroatoms. The summed E-state index contributed by atoms with van der Waals surface area (Å²) in [7, 11) is 3.32. The van der Waals surface area contributed by atoms with Crippen LogP contribution in [-0.2, 0) is 16.0 Å². The summed E-state index contributed by atoms with van der Waals surface area (Å²) in [5.74, 6) is 0. The van der Waals surface area contributed by atoms with Crippen molar-refractivity contribution in [1.82, 2.24) is 15.1 Å². The minimum atomic E-state index is -0.296. The average Bonchev–Trinajstić information content (AvgIpc) is 2.83. The van der Waals surface area contributed by atoms with Crippen LogP contribution in [0.5, 0.6) is 0 Å². The second-order valence-electron chi connectivity index (χ2n) is 4.31. The fourth-order valence-electron chi connectivity index (χ4n) is 1.93. The van der Waals surface area contributed by atoms with Gasteiger partial charge in [-0.3, -0.25) is 4.68 Å². The highest BCUT2D eigenvalue weighted by molar-refractivity contribution is 5.11. The zero-order valence-corrected chi connectivity index (χ0v) is 11.8. The predicted molar refractivity (Wildman–Crippen MR) is 71.4 cm³/mol. The Kier molecular flexibility index (Phi) is 6.93. The number of hydrogen-bond acceptors (Lipinski definition) is 4. The molecule has 1 N–H and O–H groups in total. The van der Waals surface area contributed by atoms with E-state index in [1.165, 1.54) is 0 Å². The maximum Gasteiger partial charge on any atom is 0.176 e. The Bertz CT molecular complexity index is 324. The summed E-state index contributed by atoms with van der Waals surface area (Å²) in [4.78, 5) is 0. The number of methoxy groups -OCH3 is 2. The molecule has 0 spiro atoms. The van der Waals surface area contributed by atoms with Gasteiger partial charge in [0.25, 0.3) is 0 Å². The molecule has 5 nitrogen and oxygen atoms in total. The molecule has 0 saturated heterocycles. The van der Waals surface area contributed by atoms with Gasteiger partial charge < -0.3 is 14.8 Å². The highest BCUT2D eigenvalue weighted by Crippen LogP contribution is 2.19. The average molecular weight is 255 g/mol. The standard InChI is InChI=1S/C13H25N3O2/c1-5-7-14-12(13(17-3)18-4)11-9-15-16(10-11)8-6-2/h9-10,12-14H,5-8H2,1-4H3. The number of rotatable bonds is 9. The van der Waals surface area contributed by atoms with Crippen molar-refractivity contribution in [2.75, 3.05) is 20.8 Å². The van der Waals surface area contributed by atoms with E-state index in [9.17, 15) is 0 Å². The lowest BCUT2D eigenvalue weighted by Crippen LogP contribution is -2.34. The van der Waals surface area contributed by atoms with Crippen LogP contribution in [0.4, 0.5) is 0 Å². The van der Waals surface area contributed by atoms with Crippen LogP contribution in [0, 0.1) is 0 Å². The quantitative estimate of drug-likeness (QED) is 0.685. The summed E-state index contributed by atoms with van der Waals surface area (Å²) in [6.45, 7) is 6.14. The zero-order chi connectivity index (χ0) is 13.4. The summed E-state index contributed by atoms with van der Waals surface area (Å²) in [5, 5.41) is 7.79. The van der Waals surface area contributed by atoms with Crippen molar-refractivity contribution in [3.05, 3.63) is 18.0 Å². The zero-order valence-electron chi connectivity index (χ0n) is 11.8. The van der Waals surface area contributed by atoms with E-state index < -0.39 is 0 Å². The van der Waals surface area contributed by atoms with E-state index in [-0.39, 0.29) is 12.3 Å². The number of nitrogens with zero attached hydrogens (tertiary/aromatic N) is 2. The molecule has 1 unspecified atom stereocenters. The smallest absolute Gasteiger partial charge is 0.176 e. The van der Waals surface area contributed by atoms with E-state index in [0.717, 1.165) is 31.5 Å².